The maximum absolute atomic E-state index is 12.4. The lowest BCUT2D eigenvalue weighted by Gasteiger charge is -2.31. The molecule has 1 saturated carbocycles. The molecule has 1 amide bonds. The van der Waals surface area contributed by atoms with Gasteiger partial charge in [0.15, 0.2) is 0 Å². The van der Waals surface area contributed by atoms with E-state index < -0.39 is 30.5 Å². The molecule has 0 radical (unpaired) electrons. The van der Waals surface area contributed by atoms with Crippen LogP contribution in [0, 0.1) is 11.8 Å². The molecule has 0 bridgehead atoms. The standard InChI is InChI=1S/C11H16F3NO3/c1-15(6-9(16)17)10(18)7-2-4-8(5-3-7)11(12,13)14/h7-8H,2-6H2,1H3,(H,16,17). The number of nitrogens with zero attached hydrogens (tertiary/aromatic N) is 1. The average Bonchev–Trinajstić information content (AvgIpc) is 2.26. The van der Waals surface area contributed by atoms with Gasteiger partial charge in [0.2, 0.25) is 5.91 Å². The summed E-state index contributed by atoms with van der Waals surface area (Å²) in [5.41, 5.74) is 0. The highest BCUT2D eigenvalue weighted by Gasteiger charge is 2.42. The van der Waals surface area contributed by atoms with Gasteiger partial charge in [-0.05, 0) is 25.7 Å². The van der Waals surface area contributed by atoms with Crippen LogP contribution in [0.1, 0.15) is 25.7 Å². The van der Waals surface area contributed by atoms with Crippen molar-refractivity contribution < 1.29 is 27.9 Å². The average molecular weight is 267 g/mol. The van der Waals surface area contributed by atoms with E-state index in [1.807, 2.05) is 0 Å². The number of carboxylic acid groups (broad SMARTS) is 1. The number of alkyl halides is 3. The Morgan fingerprint density at radius 3 is 2.11 bits per heavy atom. The molecule has 104 valence electrons. The van der Waals surface area contributed by atoms with Crippen LogP contribution in [0.4, 0.5) is 13.2 Å². The van der Waals surface area contributed by atoms with E-state index in [1.165, 1.54) is 7.05 Å². The minimum absolute atomic E-state index is 0.0547. The third kappa shape index (κ3) is 3.89. The summed E-state index contributed by atoms with van der Waals surface area (Å²) in [6.07, 6.45) is -3.96. The van der Waals surface area contributed by atoms with Gasteiger partial charge in [0.25, 0.3) is 0 Å². The number of hydrogen-bond donors (Lipinski definition) is 1. The predicted molar refractivity (Wildman–Crippen MR) is 56.8 cm³/mol. The molecule has 18 heavy (non-hydrogen) atoms. The summed E-state index contributed by atoms with van der Waals surface area (Å²) in [7, 11) is 1.35. The zero-order valence-corrected chi connectivity index (χ0v) is 10.0. The van der Waals surface area contributed by atoms with E-state index in [4.69, 9.17) is 5.11 Å². The molecule has 4 nitrogen and oxygen atoms in total. The molecule has 0 saturated heterocycles. The van der Waals surface area contributed by atoms with Gasteiger partial charge in [-0.1, -0.05) is 0 Å². The molecule has 0 spiro atoms. The first-order chi connectivity index (χ1) is 8.21. The Labute approximate surface area is 103 Å². The lowest BCUT2D eigenvalue weighted by molar-refractivity contribution is -0.185. The van der Waals surface area contributed by atoms with Crippen LogP contribution in [-0.2, 0) is 9.59 Å². The highest BCUT2D eigenvalue weighted by atomic mass is 19.4. The van der Waals surface area contributed by atoms with E-state index in [1.54, 1.807) is 0 Å². The Morgan fingerprint density at radius 2 is 1.72 bits per heavy atom. The van der Waals surface area contributed by atoms with Crippen molar-refractivity contribution in [3.05, 3.63) is 0 Å². The van der Waals surface area contributed by atoms with Crippen molar-refractivity contribution in [2.24, 2.45) is 11.8 Å². The molecule has 0 atom stereocenters. The summed E-state index contributed by atoms with van der Waals surface area (Å²) in [6.45, 7) is -0.419. The number of rotatable bonds is 3. The van der Waals surface area contributed by atoms with E-state index in [0.717, 1.165) is 4.90 Å². The highest BCUT2D eigenvalue weighted by Crippen LogP contribution is 2.39. The number of carboxylic acids is 1. The number of likely N-dealkylation sites (N-methyl/N-ethyl adjacent to an activating group) is 1. The highest BCUT2D eigenvalue weighted by molar-refractivity contribution is 5.82. The van der Waals surface area contributed by atoms with E-state index in [2.05, 4.69) is 0 Å². The molecular weight excluding hydrogens is 251 g/mol. The zero-order valence-electron chi connectivity index (χ0n) is 10.0. The summed E-state index contributed by atoms with van der Waals surface area (Å²) in [6, 6.07) is 0. The van der Waals surface area contributed by atoms with Gasteiger partial charge in [-0.15, -0.1) is 0 Å². The largest absolute Gasteiger partial charge is 0.480 e. The van der Waals surface area contributed by atoms with Crippen molar-refractivity contribution in [1.82, 2.24) is 4.90 Å². The number of halogens is 3. The lowest BCUT2D eigenvalue weighted by atomic mass is 9.81. The summed E-state index contributed by atoms with van der Waals surface area (Å²) in [5.74, 6) is -3.31. The fraction of sp³-hybridized carbons (Fsp3) is 0.818. The minimum Gasteiger partial charge on any atom is -0.480 e. The van der Waals surface area contributed by atoms with Crippen molar-refractivity contribution >= 4 is 11.9 Å². The fourth-order valence-corrected chi connectivity index (χ4v) is 2.26. The fourth-order valence-electron chi connectivity index (χ4n) is 2.26. The van der Waals surface area contributed by atoms with Gasteiger partial charge in [0, 0.05) is 13.0 Å². The molecule has 1 rings (SSSR count). The van der Waals surface area contributed by atoms with Crippen molar-refractivity contribution in [3.8, 4) is 0 Å². The summed E-state index contributed by atoms with van der Waals surface area (Å²) in [5, 5.41) is 8.54. The molecule has 0 heterocycles. The Hall–Kier alpha value is -1.27. The summed E-state index contributed by atoms with van der Waals surface area (Å²) >= 11 is 0. The van der Waals surface area contributed by atoms with Crippen molar-refractivity contribution in [2.75, 3.05) is 13.6 Å². The second kappa shape index (κ2) is 5.58. The molecule has 0 unspecified atom stereocenters. The Kier molecular flexibility index (Phi) is 4.59. The first kappa shape index (κ1) is 14.8. The van der Waals surface area contributed by atoms with Crippen LogP contribution in [0.15, 0.2) is 0 Å². The number of aliphatic carboxylic acids is 1. The molecule has 1 N–H and O–H groups in total. The minimum atomic E-state index is -4.19. The Bertz CT molecular complexity index is 322. The monoisotopic (exact) mass is 267 g/mol. The second-order valence-electron chi connectivity index (χ2n) is 4.68. The molecule has 0 aromatic carbocycles. The lowest BCUT2D eigenvalue weighted by Crippen LogP contribution is -2.39. The summed E-state index contributed by atoms with van der Waals surface area (Å²) in [4.78, 5) is 23.3. The molecule has 0 aromatic rings. The maximum Gasteiger partial charge on any atom is 0.391 e. The van der Waals surface area contributed by atoms with Gasteiger partial charge in [0.05, 0.1) is 5.92 Å². The topological polar surface area (TPSA) is 57.6 Å². The van der Waals surface area contributed by atoms with Crippen LogP contribution >= 0.6 is 0 Å². The third-order valence-corrected chi connectivity index (χ3v) is 3.29. The molecule has 1 aliphatic carbocycles. The van der Waals surface area contributed by atoms with Gasteiger partial charge in [-0.25, -0.2) is 0 Å². The first-order valence-electron chi connectivity index (χ1n) is 5.75. The first-order valence-corrected chi connectivity index (χ1v) is 5.75. The third-order valence-electron chi connectivity index (χ3n) is 3.29. The van der Waals surface area contributed by atoms with Gasteiger partial charge in [-0.3, -0.25) is 9.59 Å². The number of carbonyl (C=O) groups excluding carboxylic acids is 1. The zero-order chi connectivity index (χ0) is 13.9. The SMILES string of the molecule is CN(CC(=O)O)C(=O)C1CCC(C(F)(F)F)CC1. The van der Waals surface area contributed by atoms with E-state index in [9.17, 15) is 22.8 Å². The molecule has 0 aromatic heterocycles. The van der Waals surface area contributed by atoms with E-state index in [-0.39, 0.29) is 31.6 Å². The van der Waals surface area contributed by atoms with Crippen LogP contribution in [0.2, 0.25) is 0 Å². The summed E-state index contributed by atoms with van der Waals surface area (Å²) < 4.78 is 37.3. The van der Waals surface area contributed by atoms with Crippen LogP contribution in [0.3, 0.4) is 0 Å². The molecule has 1 fully saturated rings. The van der Waals surface area contributed by atoms with Crippen molar-refractivity contribution in [2.45, 2.75) is 31.9 Å². The Balaban J connectivity index is 2.48. The van der Waals surface area contributed by atoms with Gasteiger partial charge in [-0.2, -0.15) is 13.2 Å². The van der Waals surface area contributed by atoms with Gasteiger partial charge < -0.3 is 10.0 Å². The molecule has 7 heteroatoms. The van der Waals surface area contributed by atoms with E-state index in [0.29, 0.717) is 0 Å². The maximum atomic E-state index is 12.4. The van der Waals surface area contributed by atoms with Crippen LogP contribution in [0.5, 0.6) is 0 Å². The molecule has 1 aliphatic rings. The normalized spacial score (nSPS) is 24.7. The van der Waals surface area contributed by atoms with Crippen LogP contribution in [0.25, 0.3) is 0 Å². The molecule has 0 aliphatic heterocycles. The number of amides is 1. The van der Waals surface area contributed by atoms with Gasteiger partial charge >= 0.3 is 12.1 Å². The smallest absolute Gasteiger partial charge is 0.391 e. The van der Waals surface area contributed by atoms with Gasteiger partial charge in [0.1, 0.15) is 6.54 Å². The van der Waals surface area contributed by atoms with Crippen molar-refractivity contribution in [3.63, 3.8) is 0 Å². The second-order valence-corrected chi connectivity index (χ2v) is 4.68. The van der Waals surface area contributed by atoms with E-state index >= 15 is 0 Å². The quantitative estimate of drug-likeness (QED) is 0.849. The number of hydrogen-bond acceptors (Lipinski definition) is 2. The number of carbonyl (C=O) groups is 2. The Morgan fingerprint density at radius 1 is 1.22 bits per heavy atom. The van der Waals surface area contributed by atoms with Crippen LogP contribution in [-0.4, -0.2) is 41.7 Å². The van der Waals surface area contributed by atoms with Crippen LogP contribution < -0.4 is 0 Å². The predicted octanol–water partition coefficient (Wildman–Crippen LogP) is 1.90. The molecular formula is C11H16F3NO3. The van der Waals surface area contributed by atoms with Crippen molar-refractivity contribution in [1.29, 1.82) is 0 Å².